The van der Waals surface area contributed by atoms with Crippen molar-refractivity contribution in [2.45, 2.75) is 20.3 Å². The maximum atomic E-state index is 11.2. The molecular weight excluding hydrogens is 216 g/mol. The summed E-state index contributed by atoms with van der Waals surface area (Å²) in [6, 6.07) is 3.16. The summed E-state index contributed by atoms with van der Waals surface area (Å²) in [6.45, 7) is 4.01. The van der Waals surface area contributed by atoms with Crippen LogP contribution in [0.25, 0.3) is 12.2 Å². The third kappa shape index (κ3) is 2.23. The third-order valence-corrected chi connectivity index (χ3v) is 3.52. The molecule has 1 fully saturated rings. The number of hydrogen-bond acceptors (Lipinski definition) is 3. The summed E-state index contributed by atoms with van der Waals surface area (Å²) in [5, 5.41) is 0.897. The first-order chi connectivity index (χ1) is 8.15. The van der Waals surface area contributed by atoms with E-state index in [0.29, 0.717) is 11.3 Å². The molecule has 0 amide bonds. The molecule has 1 aliphatic rings. The fourth-order valence-corrected chi connectivity index (χ4v) is 2.39. The molecule has 1 saturated carbocycles. The first kappa shape index (κ1) is 11.8. The van der Waals surface area contributed by atoms with Crippen molar-refractivity contribution in [2.24, 2.45) is 17.8 Å². The summed E-state index contributed by atoms with van der Waals surface area (Å²) in [5.41, 5.74) is 0.236. The highest BCUT2D eigenvalue weighted by Crippen LogP contribution is 2.39. The van der Waals surface area contributed by atoms with Gasteiger partial charge in [0.05, 0.1) is 0 Å². The molecule has 0 spiro atoms. The van der Waals surface area contributed by atoms with Gasteiger partial charge < -0.3 is 9.21 Å². The summed E-state index contributed by atoms with van der Waals surface area (Å²) in [6.07, 6.45) is 5.74. The molecular formula is C14H16O3. The zero-order valence-electron chi connectivity index (χ0n) is 10.1. The van der Waals surface area contributed by atoms with Crippen LogP contribution < -0.4 is 16.3 Å². The van der Waals surface area contributed by atoms with Crippen molar-refractivity contribution in [2.75, 3.05) is 0 Å². The predicted molar refractivity (Wildman–Crippen MR) is 65.7 cm³/mol. The van der Waals surface area contributed by atoms with Crippen LogP contribution in [0.4, 0.5) is 0 Å². The fraction of sp³-hybridized carbons (Fsp3) is 0.429. The van der Waals surface area contributed by atoms with Crippen LogP contribution in [0.1, 0.15) is 20.3 Å². The van der Waals surface area contributed by atoms with Crippen LogP contribution in [0.3, 0.4) is 0 Å². The Labute approximate surface area is 99.5 Å². The molecule has 3 nitrogen and oxygen atoms in total. The molecule has 0 N–H and O–H groups in total. The largest absolute Gasteiger partial charge is 0.423 e. The van der Waals surface area contributed by atoms with Crippen LogP contribution in [-0.4, -0.2) is 6.29 Å². The summed E-state index contributed by atoms with van der Waals surface area (Å²) in [4.78, 5) is 22.0. The van der Waals surface area contributed by atoms with Crippen LogP contribution in [-0.2, 0) is 4.79 Å². The van der Waals surface area contributed by atoms with Gasteiger partial charge in [-0.05, 0) is 37.3 Å². The average Bonchev–Trinajstić information content (AvgIpc) is 2.33. The molecule has 1 aliphatic carbocycles. The highest BCUT2D eigenvalue weighted by atomic mass is 16.4. The first-order valence-electron chi connectivity index (χ1n) is 5.89. The number of hydrogen-bond donors (Lipinski definition) is 0. The van der Waals surface area contributed by atoms with E-state index in [9.17, 15) is 9.59 Å². The molecule has 0 radical (unpaired) electrons. The zero-order valence-corrected chi connectivity index (χ0v) is 10.1. The van der Waals surface area contributed by atoms with Crippen LogP contribution in [0.2, 0.25) is 0 Å². The second kappa shape index (κ2) is 4.70. The smallest absolute Gasteiger partial charge is 0.336 e. The summed E-state index contributed by atoms with van der Waals surface area (Å²) < 4.78 is 5.19. The Hall–Kier alpha value is -1.64. The van der Waals surface area contributed by atoms with Gasteiger partial charge in [-0.1, -0.05) is 13.0 Å². The fourth-order valence-electron chi connectivity index (χ4n) is 2.39. The quantitative estimate of drug-likeness (QED) is 0.705. The van der Waals surface area contributed by atoms with Gasteiger partial charge >= 0.3 is 5.63 Å². The maximum Gasteiger partial charge on any atom is 0.336 e. The topological polar surface area (TPSA) is 47.3 Å². The Morgan fingerprint density at radius 2 is 2.18 bits per heavy atom. The molecule has 90 valence electrons. The normalized spacial score (nSPS) is 30.1. The molecule has 1 aromatic rings. The van der Waals surface area contributed by atoms with Gasteiger partial charge in [-0.25, -0.2) is 4.79 Å². The molecule has 0 aromatic carbocycles. The highest BCUT2D eigenvalue weighted by molar-refractivity contribution is 5.59. The lowest BCUT2D eigenvalue weighted by atomic mass is 9.66. The van der Waals surface area contributed by atoms with Gasteiger partial charge in [0.15, 0.2) is 0 Å². The Bertz CT molecular complexity index is 582. The van der Waals surface area contributed by atoms with Crippen molar-refractivity contribution in [3.63, 3.8) is 0 Å². The molecule has 0 saturated heterocycles. The number of aldehydes is 1. The molecule has 1 heterocycles. The summed E-state index contributed by atoms with van der Waals surface area (Å²) in [5.74, 6) is 0.734. The Morgan fingerprint density at radius 3 is 2.76 bits per heavy atom. The first-order valence-corrected chi connectivity index (χ1v) is 5.89. The summed E-state index contributed by atoms with van der Waals surface area (Å²) in [7, 11) is 0. The van der Waals surface area contributed by atoms with E-state index in [0.717, 1.165) is 17.9 Å². The van der Waals surface area contributed by atoms with E-state index in [1.54, 1.807) is 6.07 Å². The highest BCUT2D eigenvalue weighted by Gasteiger charge is 2.36. The molecule has 0 bridgehead atoms. The molecule has 1 aromatic heterocycles. The summed E-state index contributed by atoms with van der Waals surface area (Å²) >= 11 is 0. The number of rotatable bonds is 2. The van der Waals surface area contributed by atoms with Crippen molar-refractivity contribution >= 4 is 18.4 Å². The van der Waals surface area contributed by atoms with E-state index in [1.807, 2.05) is 19.1 Å². The minimum Gasteiger partial charge on any atom is -0.423 e. The zero-order chi connectivity index (χ0) is 12.4. The Kier molecular flexibility index (Phi) is 3.27. The molecule has 2 rings (SSSR count). The lowest BCUT2D eigenvalue weighted by molar-refractivity contribution is -0.116. The van der Waals surface area contributed by atoms with E-state index < -0.39 is 0 Å². The predicted octanol–water partition coefficient (Wildman–Crippen LogP) is 0.692. The molecule has 17 heavy (non-hydrogen) atoms. The number of carbonyl (C=O) groups excluding carboxylic acids is 1. The van der Waals surface area contributed by atoms with Crippen molar-refractivity contribution in [1.82, 2.24) is 0 Å². The molecule has 3 atom stereocenters. The van der Waals surface area contributed by atoms with E-state index >= 15 is 0 Å². The molecule has 3 heteroatoms. The Balaban J connectivity index is 2.49. The van der Waals surface area contributed by atoms with Crippen LogP contribution in [0, 0.1) is 17.8 Å². The molecule has 0 aliphatic heterocycles. The van der Waals surface area contributed by atoms with Gasteiger partial charge in [-0.15, -0.1) is 0 Å². The van der Waals surface area contributed by atoms with Crippen molar-refractivity contribution in [3.05, 3.63) is 33.2 Å². The van der Waals surface area contributed by atoms with Crippen molar-refractivity contribution in [3.8, 4) is 0 Å². The van der Waals surface area contributed by atoms with Crippen LogP contribution >= 0.6 is 0 Å². The van der Waals surface area contributed by atoms with Gasteiger partial charge in [0.1, 0.15) is 11.7 Å². The lowest BCUT2D eigenvalue weighted by Gasteiger charge is -2.37. The van der Waals surface area contributed by atoms with Crippen molar-refractivity contribution in [1.29, 1.82) is 0 Å². The SMILES string of the molecule is C/C=c1/ccc(=O)o/c1=C/C1C(C)CC1C=O. The average molecular weight is 232 g/mol. The van der Waals surface area contributed by atoms with Crippen LogP contribution in [0.15, 0.2) is 21.3 Å². The molecule has 3 unspecified atom stereocenters. The lowest BCUT2D eigenvalue weighted by Crippen LogP contribution is -2.38. The van der Waals surface area contributed by atoms with Crippen molar-refractivity contribution < 1.29 is 9.21 Å². The monoisotopic (exact) mass is 232 g/mol. The second-order valence-electron chi connectivity index (χ2n) is 4.62. The second-order valence-corrected chi connectivity index (χ2v) is 4.62. The van der Waals surface area contributed by atoms with E-state index in [-0.39, 0.29) is 17.5 Å². The number of carbonyl (C=O) groups is 1. The van der Waals surface area contributed by atoms with Gasteiger partial charge in [-0.3, -0.25) is 0 Å². The van der Waals surface area contributed by atoms with Gasteiger partial charge in [0, 0.05) is 17.2 Å². The van der Waals surface area contributed by atoms with E-state index in [4.69, 9.17) is 4.42 Å². The van der Waals surface area contributed by atoms with E-state index in [1.165, 1.54) is 6.07 Å². The van der Waals surface area contributed by atoms with E-state index in [2.05, 4.69) is 6.92 Å². The minimum absolute atomic E-state index is 0.0696. The standard InChI is InChI=1S/C14H16O3/c1-3-10-4-5-14(16)17-13(10)7-12-9(2)6-11(12)8-15/h3-5,7-9,11-12H,6H2,1-2H3/b10-3-,13-7+. The van der Waals surface area contributed by atoms with Gasteiger partial charge in [0.2, 0.25) is 0 Å². The Morgan fingerprint density at radius 1 is 1.41 bits per heavy atom. The minimum atomic E-state index is -0.350. The third-order valence-electron chi connectivity index (χ3n) is 3.52. The van der Waals surface area contributed by atoms with Gasteiger partial charge in [-0.2, -0.15) is 0 Å². The maximum absolute atomic E-state index is 11.2. The van der Waals surface area contributed by atoms with Gasteiger partial charge in [0.25, 0.3) is 0 Å². The van der Waals surface area contributed by atoms with Crippen LogP contribution in [0.5, 0.6) is 0 Å².